The Morgan fingerprint density at radius 3 is 2.71 bits per heavy atom. The topological polar surface area (TPSA) is 65.5 Å². The highest BCUT2D eigenvalue weighted by Gasteiger charge is 2.01. The fraction of sp³-hybridized carbons (Fsp3) is 0.294. The third-order valence-corrected chi connectivity index (χ3v) is 3.78. The molecule has 0 bridgehead atoms. The molecule has 0 spiro atoms. The van der Waals surface area contributed by atoms with Crippen LogP contribution in [0.1, 0.15) is 25.0 Å². The number of nitrogens with zero attached hydrogens (tertiary/aromatic N) is 1. The molecule has 7 heteroatoms. The van der Waals surface area contributed by atoms with E-state index in [4.69, 9.17) is 0 Å². The second-order valence-electron chi connectivity index (χ2n) is 5.06. The number of hydrogen-bond donors (Lipinski definition) is 3. The second kappa shape index (κ2) is 11.0. The highest BCUT2D eigenvalue weighted by molar-refractivity contribution is 14.0. The number of anilines is 1. The highest BCUT2D eigenvalue weighted by atomic mass is 127. The van der Waals surface area contributed by atoms with Gasteiger partial charge < -0.3 is 16.0 Å². The number of amides is 1. The van der Waals surface area contributed by atoms with Gasteiger partial charge in [0, 0.05) is 25.7 Å². The van der Waals surface area contributed by atoms with Gasteiger partial charge in [0.05, 0.1) is 6.54 Å². The van der Waals surface area contributed by atoms with Gasteiger partial charge in [-0.15, -0.1) is 24.0 Å². The summed E-state index contributed by atoms with van der Waals surface area (Å²) in [5.41, 5.74) is 3.09. The van der Waals surface area contributed by atoms with E-state index in [1.807, 2.05) is 31.2 Å². The summed E-state index contributed by atoms with van der Waals surface area (Å²) in [4.78, 5) is 15.7. The smallest absolute Gasteiger partial charge is 0.221 e. The van der Waals surface area contributed by atoms with Gasteiger partial charge in [-0.3, -0.25) is 4.79 Å². The molecule has 1 amide bonds. The largest absolute Gasteiger partial charge is 0.357 e. The molecule has 1 aromatic carbocycles. The van der Waals surface area contributed by atoms with E-state index in [0.29, 0.717) is 13.1 Å². The van der Waals surface area contributed by atoms with Gasteiger partial charge in [0.2, 0.25) is 5.91 Å². The molecule has 0 saturated heterocycles. The van der Waals surface area contributed by atoms with Gasteiger partial charge in [0.1, 0.15) is 0 Å². The predicted molar refractivity (Wildman–Crippen MR) is 112 cm³/mol. The van der Waals surface area contributed by atoms with E-state index >= 15 is 0 Å². The highest BCUT2D eigenvalue weighted by Crippen LogP contribution is 2.10. The number of halogens is 1. The molecule has 24 heavy (non-hydrogen) atoms. The molecule has 0 unspecified atom stereocenters. The number of benzene rings is 1. The van der Waals surface area contributed by atoms with Crippen molar-refractivity contribution in [3.8, 4) is 0 Å². The first kappa shape index (κ1) is 20.4. The van der Waals surface area contributed by atoms with Crippen molar-refractivity contribution in [1.82, 2.24) is 10.6 Å². The number of thiophene rings is 1. The van der Waals surface area contributed by atoms with Crippen molar-refractivity contribution in [1.29, 1.82) is 0 Å². The third-order valence-electron chi connectivity index (χ3n) is 3.05. The van der Waals surface area contributed by atoms with Gasteiger partial charge in [0.25, 0.3) is 0 Å². The monoisotopic (exact) mass is 458 g/mol. The number of carbonyl (C=O) groups is 1. The molecule has 0 radical (unpaired) electrons. The van der Waals surface area contributed by atoms with Crippen LogP contribution in [0.4, 0.5) is 5.69 Å². The molecule has 1 aromatic heterocycles. The number of carbonyl (C=O) groups excluding carboxylic acids is 1. The fourth-order valence-electron chi connectivity index (χ4n) is 2.04. The Balaban J connectivity index is 0.00000288. The molecule has 3 N–H and O–H groups in total. The maximum atomic E-state index is 11.1. The normalized spacial score (nSPS) is 10.7. The molecular weight excluding hydrogens is 435 g/mol. The van der Waals surface area contributed by atoms with Crippen LogP contribution in [0, 0.1) is 0 Å². The number of hydrogen-bond acceptors (Lipinski definition) is 3. The lowest BCUT2D eigenvalue weighted by molar-refractivity contribution is -0.114. The van der Waals surface area contributed by atoms with Crippen LogP contribution >= 0.6 is 35.3 Å². The SMILES string of the molecule is CCNC(=NCc1ccsc1)NCc1cccc(NC(C)=O)c1.I. The predicted octanol–water partition coefficient (Wildman–Crippen LogP) is 3.58. The summed E-state index contributed by atoms with van der Waals surface area (Å²) in [7, 11) is 0. The van der Waals surface area contributed by atoms with Crippen LogP contribution in [0.5, 0.6) is 0 Å². The zero-order valence-electron chi connectivity index (χ0n) is 13.8. The number of rotatable bonds is 6. The Labute approximate surface area is 164 Å². The van der Waals surface area contributed by atoms with Gasteiger partial charge in [-0.2, -0.15) is 11.3 Å². The lowest BCUT2D eigenvalue weighted by Crippen LogP contribution is -2.36. The average Bonchev–Trinajstić information content (AvgIpc) is 3.03. The van der Waals surface area contributed by atoms with Gasteiger partial charge in [-0.1, -0.05) is 12.1 Å². The third kappa shape index (κ3) is 7.31. The fourth-order valence-corrected chi connectivity index (χ4v) is 2.70. The lowest BCUT2D eigenvalue weighted by atomic mass is 10.2. The molecule has 130 valence electrons. The molecule has 2 aromatic rings. The average molecular weight is 458 g/mol. The maximum Gasteiger partial charge on any atom is 0.221 e. The van der Waals surface area contributed by atoms with E-state index in [1.54, 1.807) is 11.3 Å². The first-order valence-electron chi connectivity index (χ1n) is 7.57. The van der Waals surface area contributed by atoms with E-state index in [2.05, 4.69) is 37.8 Å². The Bertz CT molecular complexity index is 658. The quantitative estimate of drug-likeness (QED) is 0.352. The minimum atomic E-state index is -0.0687. The minimum Gasteiger partial charge on any atom is -0.357 e. The summed E-state index contributed by atoms with van der Waals surface area (Å²) in [5.74, 6) is 0.712. The molecule has 5 nitrogen and oxygen atoms in total. The van der Waals surface area contributed by atoms with Crippen molar-refractivity contribution in [3.05, 3.63) is 52.2 Å². The van der Waals surface area contributed by atoms with Crippen molar-refractivity contribution in [3.63, 3.8) is 0 Å². The molecule has 0 aliphatic heterocycles. The molecule has 0 aliphatic carbocycles. The van der Waals surface area contributed by atoms with Crippen LogP contribution in [0.2, 0.25) is 0 Å². The maximum absolute atomic E-state index is 11.1. The summed E-state index contributed by atoms with van der Waals surface area (Å²) in [6.07, 6.45) is 0. The van der Waals surface area contributed by atoms with Crippen LogP contribution in [0.3, 0.4) is 0 Å². The van der Waals surface area contributed by atoms with Gasteiger partial charge in [-0.25, -0.2) is 4.99 Å². The van der Waals surface area contributed by atoms with Gasteiger partial charge in [0.15, 0.2) is 5.96 Å². The zero-order chi connectivity index (χ0) is 16.5. The van der Waals surface area contributed by atoms with Crippen molar-refractivity contribution in [2.24, 2.45) is 4.99 Å². The van der Waals surface area contributed by atoms with Crippen LogP contribution in [0.15, 0.2) is 46.1 Å². The molecular formula is C17H23IN4OS. The second-order valence-corrected chi connectivity index (χ2v) is 5.84. The Hall–Kier alpha value is -1.61. The van der Waals surface area contributed by atoms with Crippen LogP contribution in [0.25, 0.3) is 0 Å². The number of nitrogens with one attached hydrogen (secondary N) is 3. The van der Waals surface area contributed by atoms with Gasteiger partial charge in [-0.05, 0) is 47.0 Å². The molecule has 0 saturated carbocycles. The van der Waals surface area contributed by atoms with E-state index < -0.39 is 0 Å². The summed E-state index contributed by atoms with van der Waals surface area (Å²) in [5, 5.41) is 13.5. The number of guanidine groups is 1. The molecule has 0 aliphatic rings. The Morgan fingerprint density at radius 1 is 1.21 bits per heavy atom. The van der Waals surface area contributed by atoms with Crippen molar-refractivity contribution in [2.75, 3.05) is 11.9 Å². The van der Waals surface area contributed by atoms with Crippen molar-refractivity contribution >= 4 is 52.9 Å². The van der Waals surface area contributed by atoms with Crippen LogP contribution in [-0.2, 0) is 17.9 Å². The summed E-state index contributed by atoms with van der Waals surface area (Å²) >= 11 is 1.68. The minimum absolute atomic E-state index is 0. The molecule has 0 atom stereocenters. The lowest BCUT2D eigenvalue weighted by Gasteiger charge is -2.12. The van der Waals surface area contributed by atoms with Crippen LogP contribution in [-0.4, -0.2) is 18.4 Å². The standard InChI is InChI=1S/C17H22N4OS.HI/c1-3-18-17(20-11-15-7-8-23-12-15)19-10-14-5-4-6-16(9-14)21-13(2)22;/h4-9,12H,3,10-11H2,1-2H3,(H,21,22)(H2,18,19,20);1H. The molecule has 0 fully saturated rings. The van der Waals surface area contributed by atoms with Crippen molar-refractivity contribution < 1.29 is 4.79 Å². The Morgan fingerprint density at radius 2 is 2.04 bits per heavy atom. The summed E-state index contributed by atoms with van der Waals surface area (Å²) in [6, 6.07) is 9.85. The molecule has 2 rings (SSSR count). The van der Waals surface area contributed by atoms with E-state index in [1.165, 1.54) is 12.5 Å². The summed E-state index contributed by atoms with van der Waals surface area (Å²) < 4.78 is 0. The summed E-state index contributed by atoms with van der Waals surface area (Å²) in [6.45, 7) is 5.65. The van der Waals surface area contributed by atoms with Gasteiger partial charge >= 0.3 is 0 Å². The first-order chi connectivity index (χ1) is 11.2. The van der Waals surface area contributed by atoms with Crippen molar-refractivity contribution in [2.45, 2.75) is 26.9 Å². The molecule has 1 heterocycles. The van der Waals surface area contributed by atoms with E-state index in [-0.39, 0.29) is 29.9 Å². The van der Waals surface area contributed by atoms with E-state index in [9.17, 15) is 4.79 Å². The zero-order valence-corrected chi connectivity index (χ0v) is 17.0. The first-order valence-corrected chi connectivity index (χ1v) is 8.51. The van der Waals surface area contributed by atoms with Crippen LogP contribution < -0.4 is 16.0 Å². The Kier molecular flexibility index (Phi) is 9.39. The van der Waals surface area contributed by atoms with E-state index in [0.717, 1.165) is 23.8 Å². The number of aliphatic imine (C=N–C) groups is 1.